The molecule has 4 nitrogen and oxygen atoms in total. The van der Waals surface area contributed by atoms with Crippen molar-refractivity contribution < 1.29 is 15.0 Å². The molecule has 0 aliphatic rings. The van der Waals surface area contributed by atoms with Gasteiger partial charge < -0.3 is 15.9 Å². The minimum atomic E-state index is -1.35. The van der Waals surface area contributed by atoms with Crippen molar-refractivity contribution in [2.75, 3.05) is 0 Å². The molecule has 1 atom stereocenters. The molecule has 0 heterocycles. The van der Waals surface area contributed by atoms with Crippen LogP contribution in [-0.2, 0) is 4.79 Å². The van der Waals surface area contributed by atoms with E-state index in [0.717, 1.165) is 0 Å². The van der Waals surface area contributed by atoms with Gasteiger partial charge in [0.05, 0.1) is 5.60 Å². The van der Waals surface area contributed by atoms with Crippen LogP contribution in [0.3, 0.4) is 0 Å². The predicted molar refractivity (Wildman–Crippen MR) is 41.1 cm³/mol. The minimum Gasteiger partial charge on any atom is -0.480 e. The van der Waals surface area contributed by atoms with E-state index >= 15 is 0 Å². The van der Waals surface area contributed by atoms with Crippen molar-refractivity contribution in [2.45, 2.75) is 38.3 Å². The molecule has 0 saturated carbocycles. The first-order valence-corrected chi connectivity index (χ1v) is 3.40. The molecule has 66 valence electrons. The van der Waals surface area contributed by atoms with Gasteiger partial charge in [-0.2, -0.15) is 0 Å². The van der Waals surface area contributed by atoms with E-state index in [4.69, 9.17) is 10.8 Å². The topological polar surface area (TPSA) is 83.5 Å². The lowest BCUT2D eigenvalue weighted by Gasteiger charge is -2.27. The molecule has 0 rings (SSSR count). The van der Waals surface area contributed by atoms with Crippen LogP contribution in [0.15, 0.2) is 0 Å². The molecule has 11 heavy (non-hydrogen) atoms. The van der Waals surface area contributed by atoms with Gasteiger partial charge in [0.15, 0.2) is 0 Å². The molecule has 0 aliphatic heterocycles. The molecule has 4 heteroatoms. The van der Waals surface area contributed by atoms with Crippen LogP contribution < -0.4 is 5.73 Å². The van der Waals surface area contributed by atoms with E-state index in [1.165, 1.54) is 20.8 Å². The molecular weight excluding hydrogens is 146 g/mol. The lowest BCUT2D eigenvalue weighted by Crippen LogP contribution is -2.49. The fraction of sp³-hybridized carbons (Fsp3) is 0.857. The largest absolute Gasteiger partial charge is 0.480 e. The molecule has 0 aromatic rings. The maximum absolute atomic E-state index is 10.5. The van der Waals surface area contributed by atoms with Crippen LogP contribution in [0.1, 0.15) is 27.2 Å². The first-order chi connectivity index (χ1) is 4.65. The normalized spacial score (nSPS) is 17.5. The molecule has 0 saturated heterocycles. The van der Waals surface area contributed by atoms with Gasteiger partial charge in [-0.15, -0.1) is 0 Å². The van der Waals surface area contributed by atoms with E-state index in [9.17, 15) is 9.90 Å². The highest BCUT2D eigenvalue weighted by Crippen LogP contribution is 2.17. The monoisotopic (exact) mass is 161 g/mol. The molecule has 0 bridgehead atoms. The van der Waals surface area contributed by atoms with Gasteiger partial charge in [-0.3, -0.25) is 4.79 Å². The predicted octanol–water partition coefficient (Wildman–Crippen LogP) is -0.0506. The second kappa shape index (κ2) is 2.79. The summed E-state index contributed by atoms with van der Waals surface area (Å²) in [6.45, 7) is 4.44. The third-order valence-electron chi connectivity index (χ3n) is 1.29. The van der Waals surface area contributed by atoms with Gasteiger partial charge in [0.25, 0.3) is 0 Å². The zero-order chi connectivity index (χ0) is 9.28. The van der Waals surface area contributed by atoms with Crippen molar-refractivity contribution >= 4 is 5.97 Å². The third-order valence-corrected chi connectivity index (χ3v) is 1.29. The van der Waals surface area contributed by atoms with Gasteiger partial charge in [-0.1, -0.05) is 0 Å². The van der Waals surface area contributed by atoms with E-state index in [0.29, 0.717) is 0 Å². The average Bonchev–Trinajstić information content (AvgIpc) is 1.56. The summed E-state index contributed by atoms with van der Waals surface area (Å²) in [5.41, 5.74) is 3.00. The van der Waals surface area contributed by atoms with Crippen LogP contribution in [0.2, 0.25) is 0 Å². The molecule has 0 fully saturated rings. The molecule has 0 radical (unpaired) electrons. The van der Waals surface area contributed by atoms with Gasteiger partial charge in [-0.05, 0) is 20.8 Å². The summed E-state index contributed by atoms with van der Waals surface area (Å²) in [6, 6.07) is 0. The summed E-state index contributed by atoms with van der Waals surface area (Å²) in [6.07, 6.45) is 0.0370. The lowest BCUT2D eigenvalue weighted by atomic mass is 9.89. The van der Waals surface area contributed by atoms with Gasteiger partial charge >= 0.3 is 5.97 Å². The molecule has 0 unspecified atom stereocenters. The highest BCUT2D eigenvalue weighted by atomic mass is 16.4. The smallest absolute Gasteiger partial charge is 0.323 e. The number of aliphatic hydroxyl groups is 1. The van der Waals surface area contributed by atoms with Crippen molar-refractivity contribution in [3.05, 3.63) is 0 Å². The summed E-state index contributed by atoms with van der Waals surface area (Å²) in [5, 5.41) is 17.8. The summed E-state index contributed by atoms with van der Waals surface area (Å²) in [5.74, 6) is -1.10. The van der Waals surface area contributed by atoms with Crippen LogP contribution in [0.5, 0.6) is 0 Å². The SMILES string of the molecule is CC(C)(O)C[C@@](C)(N)C(=O)O. The maximum atomic E-state index is 10.5. The maximum Gasteiger partial charge on any atom is 0.323 e. The first-order valence-electron chi connectivity index (χ1n) is 3.40. The number of aliphatic carboxylic acids is 1. The summed E-state index contributed by atoms with van der Waals surface area (Å²) in [7, 11) is 0. The Balaban J connectivity index is 4.25. The van der Waals surface area contributed by atoms with Crippen LogP contribution in [0.25, 0.3) is 0 Å². The van der Waals surface area contributed by atoms with Crippen LogP contribution in [-0.4, -0.2) is 27.3 Å². The molecule has 0 aromatic heterocycles. The Morgan fingerprint density at radius 1 is 1.45 bits per heavy atom. The Kier molecular flexibility index (Phi) is 2.64. The Morgan fingerprint density at radius 2 is 1.82 bits per heavy atom. The highest BCUT2D eigenvalue weighted by Gasteiger charge is 2.33. The molecular formula is C7H15NO3. The van der Waals surface area contributed by atoms with E-state index in [2.05, 4.69) is 0 Å². The fourth-order valence-electron chi connectivity index (χ4n) is 0.974. The van der Waals surface area contributed by atoms with Crippen LogP contribution in [0.4, 0.5) is 0 Å². The standard InChI is InChI=1S/C7H15NO3/c1-6(2,11)4-7(3,8)5(9)10/h11H,4,8H2,1-3H3,(H,9,10)/t7-/m1/s1. The first kappa shape index (κ1) is 10.4. The number of hydrogen-bond donors (Lipinski definition) is 3. The van der Waals surface area contributed by atoms with Crippen molar-refractivity contribution in [1.82, 2.24) is 0 Å². The second-order valence-electron chi connectivity index (χ2n) is 3.71. The quantitative estimate of drug-likeness (QED) is 0.542. The third kappa shape index (κ3) is 3.95. The number of hydrogen-bond acceptors (Lipinski definition) is 3. The summed E-state index contributed by atoms with van der Waals surface area (Å²) < 4.78 is 0. The Hall–Kier alpha value is -0.610. The molecule has 0 aromatic carbocycles. The zero-order valence-corrected chi connectivity index (χ0v) is 7.09. The number of carboxylic acid groups (broad SMARTS) is 1. The number of carboxylic acids is 1. The highest BCUT2D eigenvalue weighted by molar-refractivity contribution is 5.77. The number of nitrogens with two attached hydrogens (primary N) is 1. The van der Waals surface area contributed by atoms with Gasteiger partial charge in [0, 0.05) is 6.42 Å². The number of rotatable bonds is 3. The number of carbonyl (C=O) groups is 1. The van der Waals surface area contributed by atoms with Gasteiger partial charge in [-0.25, -0.2) is 0 Å². The van der Waals surface area contributed by atoms with Crippen LogP contribution >= 0.6 is 0 Å². The lowest BCUT2D eigenvalue weighted by molar-refractivity contribution is -0.144. The molecule has 0 spiro atoms. The molecule has 4 N–H and O–H groups in total. The van der Waals surface area contributed by atoms with Gasteiger partial charge in [0.1, 0.15) is 5.54 Å². The average molecular weight is 161 g/mol. The van der Waals surface area contributed by atoms with Crippen molar-refractivity contribution in [3.8, 4) is 0 Å². The molecule has 0 amide bonds. The fourth-order valence-corrected chi connectivity index (χ4v) is 0.974. The van der Waals surface area contributed by atoms with Crippen molar-refractivity contribution in [3.63, 3.8) is 0 Å². The van der Waals surface area contributed by atoms with Crippen molar-refractivity contribution in [1.29, 1.82) is 0 Å². The second-order valence-corrected chi connectivity index (χ2v) is 3.71. The summed E-state index contributed by atoms with van der Waals surface area (Å²) >= 11 is 0. The Bertz CT molecular complexity index is 158. The molecule has 0 aliphatic carbocycles. The van der Waals surface area contributed by atoms with E-state index in [-0.39, 0.29) is 6.42 Å². The van der Waals surface area contributed by atoms with E-state index in [1.807, 2.05) is 0 Å². The zero-order valence-electron chi connectivity index (χ0n) is 7.09. The van der Waals surface area contributed by atoms with E-state index in [1.54, 1.807) is 0 Å². The van der Waals surface area contributed by atoms with Crippen molar-refractivity contribution in [2.24, 2.45) is 5.73 Å². The Morgan fingerprint density at radius 3 is 1.91 bits per heavy atom. The van der Waals surface area contributed by atoms with E-state index < -0.39 is 17.1 Å². The minimum absolute atomic E-state index is 0.0370. The summed E-state index contributed by atoms with van der Waals surface area (Å²) in [4.78, 5) is 10.5. The van der Waals surface area contributed by atoms with Crippen LogP contribution in [0, 0.1) is 0 Å². The Labute approximate surface area is 66.0 Å². The van der Waals surface area contributed by atoms with Gasteiger partial charge in [0.2, 0.25) is 0 Å².